The van der Waals surface area contributed by atoms with Gasteiger partial charge in [0, 0.05) is 0 Å². The SMILES string of the molecule is C[C@@H]1O[C@@H]1[C@H]1O[C@H]1C. The van der Waals surface area contributed by atoms with Gasteiger partial charge in [-0.15, -0.1) is 0 Å². The van der Waals surface area contributed by atoms with E-state index in [-0.39, 0.29) is 0 Å². The Kier molecular flexibility index (Phi) is 0.746. The van der Waals surface area contributed by atoms with E-state index in [2.05, 4.69) is 13.8 Å². The normalized spacial score (nSPS) is 60.8. The highest BCUT2D eigenvalue weighted by atomic mass is 16.7. The second kappa shape index (κ2) is 1.25. The van der Waals surface area contributed by atoms with E-state index in [1.165, 1.54) is 0 Å². The third kappa shape index (κ3) is 0.565. The monoisotopic (exact) mass is 114 g/mol. The van der Waals surface area contributed by atoms with Gasteiger partial charge in [0.15, 0.2) is 0 Å². The molecule has 46 valence electrons. The van der Waals surface area contributed by atoms with Crippen molar-refractivity contribution in [2.75, 3.05) is 0 Å². The van der Waals surface area contributed by atoms with E-state index in [4.69, 9.17) is 9.47 Å². The van der Waals surface area contributed by atoms with Crippen molar-refractivity contribution >= 4 is 0 Å². The van der Waals surface area contributed by atoms with Gasteiger partial charge >= 0.3 is 0 Å². The molecular formula is C6H10O2. The lowest BCUT2D eigenvalue weighted by Crippen LogP contribution is -2.01. The van der Waals surface area contributed by atoms with Crippen LogP contribution < -0.4 is 0 Å². The molecule has 0 amide bonds. The summed E-state index contributed by atoms with van der Waals surface area (Å²) in [7, 11) is 0. The molecule has 2 aliphatic rings. The van der Waals surface area contributed by atoms with Crippen LogP contribution in [0.4, 0.5) is 0 Å². The van der Waals surface area contributed by atoms with Crippen LogP contribution in [0.15, 0.2) is 0 Å². The highest BCUT2D eigenvalue weighted by molar-refractivity contribution is 4.98. The first-order valence-electron chi connectivity index (χ1n) is 3.10. The zero-order valence-electron chi connectivity index (χ0n) is 5.13. The third-order valence-electron chi connectivity index (χ3n) is 1.84. The summed E-state index contributed by atoms with van der Waals surface area (Å²) < 4.78 is 10.4. The number of epoxide rings is 2. The molecule has 0 aliphatic carbocycles. The molecule has 0 N–H and O–H groups in total. The predicted molar refractivity (Wildman–Crippen MR) is 28.7 cm³/mol. The maximum Gasteiger partial charge on any atom is 0.112 e. The van der Waals surface area contributed by atoms with Crippen LogP contribution in [0, 0.1) is 0 Å². The summed E-state index contributed by atoms with van der Waals surface area (Å²) >= 11 is 0. The Hall–Kier alpha value is -0.0800. The second-order valence-corrected chi connectivity index (χ2v) is 2.61. The lowest BCUT2D eigenvalue weighted by molar-refractivity contribution is 0.311. The molecule has 4 atom stereocenters. The Bertz CT molecular complexity index is 99.1. The van der Waals surface area contributed by atoms with Gasteiger partial charge in [-0.2, -0.15) is 0 Å². The minimum Gasteiger partial charge on any atom is -0.367 e. The van der Waals surface area contributed by atoms with Crippen molar-refractivity contribution in [1.29, 1.82) is 0 Å². The van der Waals surface area contributed by atoms with Crippen molar-refractivity contribution in [2.24, 2.45) is 0 Å². The van der Waals surface area contributed by atoms with E-state index in [1.54, 1.807) is 0 Å². The molecule has 0 aromatic heterocycles. The summed E-state index contributed by atoms with van der Waals surface area (Å²) in [5.74, 6) is 0. The van der Waals surface area contributed by atoms with E-state index in [1.807, 2.05) is 0 Å². The van der Waals surface area contributed by atoms with Gasteiger partial charge in [-0.1, -0.05) is 0 Å². The number of rotatable bonds is 1. The van der Waals surface area contributed by atoms with Crippen LogP contribution in [0.5, 0.6) is 0 Å². The predicted octanol–water partition coefficient (Wildman–Crippen LogP) is 0.561. The smallest absolute Gasteiger partial charge is 0.112 e. The Labute approximate surface area is 48.8 Å². The van der Waals surface area contributed by atoms with Crippen LogP contribution >= 0.6 is 0 Å². The zero-order valence-corrected chi connectivity index (χ0v) is 5.13. The second-order valence-electron chi connectivity index (χ2n) is 2.61. The van der Waals surface area contributed by atoms with E-state index in [9.17, 15) is 0 Å². The summed E-state index contributed by atoms with van der Waals surface area (Å²) in [6.45, 7) is 4.16. The van der Waals surface area contributed by atoms with Gasteiger partial charge in [0.25, 0.3) is 0 Å². The summed E-state index contributed by atoms with van der Waals surface area (Å²) in [5, 5.41) is 0. The van der Waals surface area contributed by atoms with Gasteiger partial charge in [-0.25, -0.2) is 0 Å². The molecule has 0 saturated carbocycles. The Morgan fingerprint density at radius 2 is 1.12 bits per heavy atom. The molecule has 0 aromatic carbocycles. The molecule has 0 spiro atoms. The van der Waals surface area contributed by atoms with Crippen LogP contribution in [0.3, 0.4) is 0 Å². The van der Waals surface area contributed by atoms with Crippen molar-refractivity contribution in [3.63, 3.8) is 0 Å². The van der Waals surface area contributed by atoms with Crippen molar-refractivity contribution in [3.8, 4) is 0 Å². The van der Waals surface area contributed by atoms with E-state index in [0.717, 1.165) is 0 Å². The lowest BCUT2D eigenvalue weighted by Gasteiger charge is -1.75. The fourth-order valence-electron chi connectivity index (χ4n) is 1.09. The molecular weight excluding hydrogens is 104 g/mol. The largest absolute Gasteiger partial charge is 0.367 e. The van der Waals surface area contributed by atoms with Crippen molar-refractivity contribution in [2.45, 2.75) is 38.3 Å². The van der Waals surface area contributed by atoms with Crippen LogP contribution in [0.2, 0.25) is 0 Å². The molecule has 0 bridgehead atoms. The maximum absolute atomic E-state index is 5.19. The average Bonchev–Trinajstić information content (AvgIpc) is 2.47. The molecule has 2 nitrogen and oxygen atoms in total. The van der Waals surface area contributed by atoms with Gasteiger partial charge < -0.3 is 9.47 Å². The van der Waals surface area contributed by atoms with Gasteiger partial charge in [0.05, 0.1) is 12.2 Å². The molecule has 0 unspecified atom stereocenters. The fourth-order valence-corrected chi connectivity index (χ4v) is 1.09. The highest BCUT2D eigenvalue weighted by Crippen LogP contribution is 2.37. The summed E-state index contributed by atoms with van der Waals surface area (Å²) in [6.07, 6.45) is 1.80. The van der Waals surface area contributed by atoms with E-state index in [0.29, 0.717) is 24.4 Å². The molecule has 0 aromatic rings. The standard InChI is InChI=1S/C6H10O2/c1-3-5(7-3)6-4(2)8-6/h3-6H,1-2H3/t3-,4-,5-,6-/m0/s1. The molecule has 0 radical (unpaired) electrons. The Balaban J connectivity index is 1.86. The molecule has 2 saturated heterocycles. The van der Waals surface area contributed by atoms with Crippen LogP contribution in [-0.4, -0.2) is 24.4 Å². The third-order valence-corrected chi connectivity index (χ3v) is 1.84. The highest BCUT2D eigenvalue weighted by Gasteiger charge is 2.53. The van der Waals surface area contributed by atoms with Gasteiger partial charge in [-0.3, -0.25) is 0 Å². The summed E-state index contributed by atoms with van der Waals surface area (Å²) in [6, 6.07) is 0. The quantitative estimate of drug-likeness (QED) is 0.465. The summed E-state index contributed by atoms with van der Waals surface area (Å²) in [5.41, 5.74) is 0. The first-order chi connectivity index (χ1) is 3.79. The minimum atomic E-state index is 0.435. The average molecular weight is 114 g/mol. The van der Waals surface area contributed by atoms with E-state index >= 15 is 0 Å². The van der Waals surface area contributed by atoms with Gasteiger partial charge in [-0.05, 0) is 13.8 Å². The van der Waals surface area contributed by atoms with Gasteiger partial charge in [0.2, 0.25) is 0 Å². The van der Waals surface area contributed by atoms with Crippen molar-refractivity contribution in [3.05, 3.63) is 0 Å². The topological polar surface area (TPSA) is 25.1 Å². The number of hydrogen-bond donors (Lipinski definition) is 0. The molecule has 2 heterocycles. The van der Waals surface area contributed by atoms with Crippen LogP contribution in [0.25, 0.3) is 0 Å². The molecule has 2 aliphatic heterocycles. The molecule has 2 rings (SSSR count). The summed E-state index contributed by atoms with van der Waals surface area (Å²) in [4.78, 5) is 0. The first kappa shape index (κ1) is 4.77. The number of hydrogen-bond acceptors (Lipinski definition) is 2. The van der Waals surface area contributed by atoms with Crippen molar-refractivity contribution in [1.82, 2.24) is 0 Å². The van der Waals surface area contributed by atoms with Crippen LogP contribution in [-0.2, 0) is 9.47 Å². The number of ether oxygens (including phenoxy) is 2. The van der Waals surface area contributed by atoms with E-state index < -0.39 is 0 Å². The molecule has 8 heavy (non-hydrogen) atoms. The first-order valence-corrected chi connectivity index (χ1v) is 3.10. The lowest BCUT2D eigenvalue weighted by atomic mass is 10.2. The Morgan fingerprint density at radius 1 is 0.875 bits per heavy atom. The minimum absolute atomic E-state index is 0.435. The molecule has 2 heteroatoms. The fraction of sp³-hybridized carbons (Fsp3) is 1.00. The van der Waals surface area contributed by atoms with Crippen LogP contribution in [0.1, 0.15) is 13.8 Å². The van der Waals surface area contributed by atoms with Gasteiger partial charge in [0.1, 0.15) is 12.2 Å². The Morgan fingerprint density at radius 3 is 1.25 bits per heavy atom. The van der Waals surface area contributed by atoms with Crippen molar-refractivity contribution < 1.29 is 9.47 Å². The maximum atomic E-state index is 5.19. The zero-order chi connectivity index (χ0) is 5.72. The molecule has 2 fully saturated rings.